The minimum Gasteiger partial charge on any atom is -0.256 e. The zero-order valence-corrected chi connectivity index (χ0v) is 12.5. The Balaban J connectivity index is 1.80. The summed E-state index contributed by atoms with van der Waals surface area (Å²) in [5, 5.41) is 0.653. The van der Waals surface area contributed by atoms with Crippen LogP contribution in [0.1, 0.15) is 31.2 Å². The molecular formula is C17H17NO2S. The van der Waals surface area contributed by atoms with E-state index in [2.05, 4.69) is 23.2 Å². The van der Waals surface area contributed by atoms with Gasteiger partial charge in [0, 0.05) is 11.6 Å². The lowest BCUT2D eigenvalue weighted by molar-refractivity contribution is 0.518. The Morgan fingerprint density at radius 3 is 2.90 bits per heavy atom. The fourth-order valence-corrected chi connectivity index (χ4v) is 5.79. The van der Waals surface area contributed by atoms with Crippen LogP contribution in [-0.2, 0) is 9.84 Å². The smallest absolute Gasteiger partial charge is 0.159 e. The van der Waals surface area contributed by atoms with E-state index < -0.39 is 9.84 Å². The largest absolute Gasteiger partial charge is 0.256 e. The van der Waals surface area contributed by atoms with Gasteiger partial charge in [-0.3, -0.25) is 4.98 Å². The van der Waals surface area contributed by atoms with Crippen molar-refractivity contribution < 1.29 is 8.42 Å². The van der Waals surface area contributed by atoms with Gasteiger partial charge in [0.2, 0.25) is 0 Å². The average molecular weight is 299 g/mol. The van der Waals surface area contributed by atoms with Crippen molar-refractivity contribution in [2.75, 3.05) is 0 Å². The molecule has 2 atom stereocenters. The standard InChI is InChI=1S/C17H17NO2S/c19-21(20)15-4-1-5-16(21)10-14(9-15)13-7-6-12-3-2-8-18-17(12)11-13/h2-3,6-9,11,15-16H,1,4-5,10H2. The molecular weight excluding hydrogens is 282 g/mol. The van der Waals surface area contributed by atoms with Crippen LogP contribution >= 0.6 is 0 Å². The lowest BCUT2D eigenvalue weighted by Crippen LogP contribution is -2.38. The summed E-state index contributed by atoms with van der Waals surface area (Å²) in [6.07, 6.45) is 7.03. The van der Waals surface area contributed by atoms with Gasteiger partial charge in [-0.15, -0.1) is 0 Å². The van der Waals surface area contributed by atoms with Crippen LogP contribution in [0.5, 0.6) is 0 Å². The summed E-state index contributed by atoms with van der Waals surface area (Å²) in [4.78, 5) is 4.39. The number of aromatic nitrogens is 1. The third-order valence-corrected chi connectivity index (χ3v) is 7.26. The number of rotatable bonds is 1. The van der Waals surface area contributed by atoms with Crippen LogP contribution in [0.15, 0.2) is 42.6 Å². The molecule has 0 radical (unpaired) electrons. The predicted molar refractivity (Wildman–Crippen MR) is 84.7 cm³/mol. The van der Waals surface area contributed by atoms with Crippen molar-refractivity contribution in [1.82, 2.24) is 4.98 Å². The average Bonchev–Trinajstić information content (AvgIpc) is 2.45. The van der Waals surface area contributed by atoms with Crippen molar-refractivity contribution in [2.45, 2.75) is 36.2 Å². The fraction of sp³-hybridized carbons (Fsp3) is 0.353. The maximum Gasteiger partial charge on any atom is 0.159 e. The van der Waals surface area contributed by atoms with Gasteiger partial charge in [0.15, 0.2) is 9.84 Å². The number of hydrogen-bond donors (Lipinski definition) is 0. The maximum atomic E-state index is 12.3. The molecule has 0 amide bonds. The number of sulfone groups is 1. The lowest BCUT2D eigenvalue weighted by atomic mass is 9.93. The molecule has 4 rings (SSSR count). The van der Waals surface area contributed by atoms with Crippen LogP contribution < -0.4 is 0 Å². The van der Waals surface area contributed by atoms with Crippen LogP contribution in [-0.4, -0.2) is 23.9 Å². The summed E-state index contributed by atoms with van der Waals surface area (Å²) in [6, 6.07) is 10.2. The molecule has 2 unspecified atom stereocenters. The molecule has 2 aliphatic heterocycles. The zero-order chi connectivity index (χ0) is 14.4. The molecule has 3 heterocycles. The third kappa shape index (κ3) is 2.09. The van der Waals surface area contributed by atoms with Gasteiger partial charge in [0.25, 0.3) is 0 Å². The van der Waals surface area contributed by atoms with Crippen molar-refractivity contribution in [3.05, 3.63) is 48.2 Å². The van der Waals surface area contributed by atoms with Gasteiger partial charge in [-0.25, -0.2) is 8.42 Å². The van der Waals surface area contributed by atoms with Crippen LogP contribution in [0.3, 0.4) is 0 Å². The molecule has 108 valence electrons. The third-order valence-electron chi connectivity index (χ3n) is 4.71. The van der Waals surface area contributed by atoms with Crippen molar-refractivity contribution in [3.8, 4) is 0 Å². The van der Waals surface area contributed by atoms with E-state index in [4.69, 9.17) is 0 Å². The second-order valence-electron chi connectivity index (χ2n) is 5.99. The van der Waals surface area contributed by atoms with Crippen LogP contribution in [0, 0.1) is 0 Å². The molecule has 21 heavy (non-hydrogen) atoms. The molecule has 1 aromatic heterocycles. The fourth-order valence-electron chi connectivity index (χ4n) is 3.54. The summed E-state index contributed by atoms with van der Waals surface area (Å²) in [6.45, 7) is 0. The summed E-state index contributed by atoms with van der Waals surface area (Å²) >= 11 is 0. The number of hydrogen-bond acceptors (Lipinski definition) is 3. The highest BCUT2D eigenvalue weighted by atomic mass is 32.2. The molecule has 0 N–H and O–H groups in total. The van der Waals surface area contributed by atoms with Crippen LogP contribution in [0.4, 0.5) is 0 Å². The number of nitrogens with zero attached hydrogens (tertiary/aromatic N) is 1. The van der Waals surface area contributed by atoms with Crippen molar-refractivity contribution in [3.63, 3.8) is 0 Å². The molecule has 0 saturated carbocycles. The molecule has 3 nitrogen and oxygen atoms in total. The highest BCUT2D eigenvalue weighted by Gasteiger charge is 2.40. The zero-order valence-electron chi connectivity index (χ0n) is 11.7. The molecule has 0 aliphatic carbocycles. The topological polar surface area (TPSA) is 47.0 Å². The second kappa shape index (κ2) is 4.67. The molecule has 1 fully saturated rings. The number of allylic oxidation sites excluding steroid dienone is 1. The summed E-state index contributed by atoms with van der Waals surface area (Å²) in [7, 11) is -2.94. The highest BCUT2D eigenvalue weighted by Crippen LogP contribution is 2.39. The van der Waals surface area contributed by atoms with Crippen LogP contribution in [0.2, 0.25) is 0 Å². The van der Waals surface area contributed by atoms with Gasteiger partial charge in [0.1, 0.15) is 0 Å². The minimum atomic E-state index is -2.94. The summed E-state index contributed by atoms with van der Waals surface area (Å²) < 4.78 is 24.7. The van der Waals surface area contributed by atoms with Gasteiger partial charge >= 0.3 is 0 Å². The van der Waals surface area contributed by atoms with Gasteiger partial charge < -0.3 is 0 Å². The lowest BCUT2D eigenvalue weighted by Gasteiger charge is -2.33. The van der Waals surface area contributed by atoms with E-state index in [1.165, 1.54) is 5.57 Å². The van der Waals surface area contributed by atoms with E-state index in [9.17, 15) is 8.42 Å². The number of benzene rings is 1. The maximum absolute atomic E-state index is 12.3. The minimum absolute atomic E-state index is 0.185. The first-order valence-corrected chi connectivity index (χ1v) is 9.04. The molecule has 1 saturated heterocycles. The van der Waals surface area contributed by atoms with Crippen molar-refractivity contribution in [1.29, 1.82) is 0 Å². The van der Waals surface area contributed by atoms with Gasteiger partial charge in [-0.1, -0.05) is 30.7 Å². The molecule has 2 bridgehead atoms. The highest BCUT2D eigenvalue weighted by molar-refractivity contribution is 7.93. The summed E-state index contributed by atoms with van der Waals surface area (Å²) in [5.74, 6) is 0. The summed E-state index contributed by atoms with van der Waals surface area (Å²) in [5.41, 5.74) is 3.26. The van der Waals surface area contributed by atoms with Crippen LogP contribution in [0.25, 0.3) is 16.5 Å². The van der Waals surface area contributed by atoms with Gasteiger partial charge in [-0.05, 0) is 42.5 Å². The molecule has 0 spiro atoms. The van der Waals surface area contributed by atoms with Crippen molar-refractivity contribution in [2.24, 2.45) is 0 Å². The quantitative estimate of drug-likeness (QED) is 0.811. The van der Waals surface area contributed by atoms with E-state index in [1.54, 1.807) is 6.20 Å². The number of pyridine rings is 1. The van der Waals surface area contributed by atoms with E-state index >= 15 is 0 Å². The molecule has 2 aliphatic rings. The number of fused-ring (bicyclic) bond motifs is 3. The first kappa shape index (κ1) is 13.0. The second-order valence-corrected chi connectivity index (χ2v) is 8.44. The molecule has 4 heteroatoms. The Morgan fingerprint density at radius 2 is 2.05 bits per heavy atom. The SMILES string of the molecule is O=S1(=O)C2C=C(c3ccc4cccnc4c3)CC1CCC2. The Bertz CT molecular complexity index is 839. The molecule has 2 aromatic rings. The van der Waals surface area contributed by atoms with Gasteiger partial charge in [-0.2, -0.15) is 0 Å². The Kier molecular flexibility index (Phi) is 2.89. The normalized spacial score (nSPS) is 27.3. The Morgan fingerprint density at radius 1 is 1.14 bits per heavy atom. The molecule has 1 aromatic carbocycles. The van der Waals surface area contributed by atoms with Gasteiger partial charge in [0.05, 0.1) is 16.0 Å². The van der Waals surface area contributed by atoms with E-state index in [0.29, 0.717) is 6.42 Å². The van der Waals surface area contributed by atoms with E-state index in [1.807, 2.05) is 18.2 Å². The Hall–Kier alpha value is -1.68. The predicted octanol–water partition coefficient (Wildman–Crippen LogP) is 3.36. The van der Waals surface area contributed by atoms with E-state index in [-0.39, 0.29) is 10.5 Å². The monoisotopic (exact) mass is 299 g/mol. The first-order chi connectivity index (χ1) is 10.1. The van der Waals surface area contributed by atoms with Crippen molar-refractivity contribution >= 4 is 26.3 Å². The Labute approximate surface area is 124 Å². The first-order valence-electron chi connectivity index (χ1n) is 7.43. The van der Waals surface area contributed by atoms with E-state index in [0.717, 1.165) is 35.7 Å².